The van der Waals surface area contributed by atoms with Crippen molar-refractivity contribution in [2.24, 2.45) is 0 Å². The summed E-state index contributed by atoms with van der Waals surface area (Å²) in [5.74, 6) is 0.737. The first-order valence-corrected chi connectivity index (χ1v) is 13.9. The number of nitrogens with zero attached hydrogens (tertiary/aromatic N) is 1. The number of hydrogen-bond acceptors (Lipinski definition) is 7. The van der Waals surface area contributed by atoms with E-state index >= 15 is 0 Å². The van der Waals surface area contributed by atoms with Crippen LogP contribution in [0.1, 0.15) is 46.2 Å². The van der Waals surface area contributed by atoms with E-state index in [2.05, 4.69) is 4.98 Å². The standard InChI is InChI=1S/C25H33BN2O7S/c1-8-33-22-13-16(9-12-21(22)32-6)20(15-36(7,30)31)28-19-11-10-17(14-18(19)27-23(28)29)26-34-24(2,3)25(4,5)35-26/h9-14,20H,8,15H2,1-7H3,(H,27,29)/t20-/m1/s1. The van der Waals surface area contributed by atoms with Crippen LogP contribution in [0.3, 0.4) is 0 Å². The quantitative estimate of drug-likeness (QED) is 0.459. The first-order chi connectivity index (χ1) is 16.8. The van der Waals surface area contributed by atoms with Crippen molar-refractivity contribution in [1.82, 2.24) is 9.55 Å². The topological polar surface area (TPSA) is 109 Å². The zero-order valence-corrected chi connectivity index (χ0v) is 22.6. The van der Waals surface area contributed by atoms with Crippen molar-refractivity contribution >= 4 is 33.5 Å². The molecule has 0 bridgehead atoms. The van der Waals surface area contributed by atoms with Crippen molar-refractivity contribution in [3.63, 3.8) is 0 Å². The van der Waals surface area contributed by atoms with Gasteiger partial charge in [0.15, 0.2) is 11.5 Å². The first kappa shape index (κ1) is 26.3. The predicted octanol–water partition coefficient (Wildman–Crippen LogP) is 2.67. The Labute approximate surface area is 211 Å². The third kappa shape index (κ3) is 4.92. The number of fused-ring (bicyclic) bond motifs is 1. The molecule has 36 heavy (non-hydrogen) atoms. The number of aromatic nitrogens is 2. The molecule has 9 nitrogen and oxygen atoms in total. The fraction of sp³-hybridized carbons (Fsp3) is 0.480. The summed E-state index contributed by atoms with van der Waals surface area (Å²) < 4.78 is 49.7. The van der Waals surface area contributed by atoms with Crippen LogP contribution in [0.15, 0.2) is 41.2 Å². The molecular weight excluding hydrogens is 483 g/mol. The largest absolute Gasteiger partial charge is 0.494 e. The molecule has 2 aromatic carbocycles. The van der Waals surface area contributed by atoms with Gasteiger partial charge in [0.05, 0.1) is 47.7 Å². The Morgan fingerprint density at radius 2 is 1.72 bits per heavy atom. The van der Waals surface area contributed by atoms with Crippen LogP contribution in [0.4, 0.5) is 0 Å². The Morgan fingerprint density at radius 3 is 2.31 bits per heavy atom. The molecule has 194 valence electrons. The summed E-state index contributed by atoms with van der Waals surface area (Å²) in [5.41, 5.74) is 1.09. The van der Waals surface area contributed by atoms with Gasteiger partial charge in [-0.15, -0.1) is 0 Å². The van der Waals surface area contributed by atoms with Gasteiger partial charge in [-0.2, -0.15) is 0 Å². The summed E-state index contributed by atoms with van der Waals surface area (Å²) in [5, 5.41) is 0. The summed E-state index contributed by atoms with van der Waals surface area (Å²) in [4.78, 5) is 16.1. The minimum Gasteiger partial charge on any atom is -0.493 e. The van der Waals surface area contributed by atoms with E-state index in [9.17, 15) is 13.2 Å². The molecule has 1 atom stereocenters. The number of imidazole rings is 1. The van der Waals surface area contributed by atoms with Gasteiger partial charge in [0, 0.05) is 6.26 Å². The van der Waals surface area contributed by atoms with E-state index in [4.69, 9.17) is 18.8 Å². The monoisotopic (exact) mass is 516 g/mol. The molecule has 1 aliphatic rings. The SMILES string of the molecule is CCOc1cc([C@@H](CS(C)(=O)=O)n2c(=O)[nH]c3cc(B4OC(C)(C)C(C)(C)O4)ccc32)ccc1OC. The molecule has 2 heterocycles. The van der Waals surface area contributed by atoms with Gasteiger partial charge in [-0.05, 0) is 69.9 Å². The van der Waals surface area contributed by atoms with Gasteiger partial charge in [-0.25, -0.2) is 13.2 Å². The molecule has 0 radical (unpaired) electrons. The van der Waals surface area contributed by atoms with Crippen molar-refractivity contribution in [1.29, 1.82) is 0 Å². The smallest absolute Gasteiger partial charge is 0.493 e. The molecule has 0 spiro atoms. The average molecular weight is 516 g/mol. The second-order valence-corrected chi connectivity index (χ2v) is 12.3. The molecule has 1 aromatic heterocycles. The fourth-order valence-corrected chi connectivity index (χ4v) is 5.27. The normalized spacial score (nSPS) is 17.9. The van der Waals surface area contributed by atoms with Gasteiger partial charge in [-0.3, -0.25) is 4.57 Å². The molecule has 1 fully saturated rings. The zero-order valence-electron chi connectivity index (χ0n) is 21.7. The van der Waals surface area contributed by atoms with Gasteiger partial charge in [0.1, 0.15) is 9.84 Å². The molecule has 11 heteroatoms. The molecule has 0 unspecified atom stereocenters. The summed E-state index contributed by atoms with van der Waals surface area (Å²) in [6, 6.07) is 9.84. The van der Waals surface area contributed by atoms with Crippen LogP contribution < -0.4 is 20.6 Å². The summed E-state index contributed by atoms with van der Waals surface area (Å²) in [6.07, 6.45) is 1.16. The Balaban J connectivity index is 1.81. The number of rotatable bonds is 8. The lowest BCUT2D eigenvalue weighted by Crippen LogP contribution is -2.41. The van der Waals surface area contributed by atoms with Crippen LogP contribution in [0, 0.1) is 0 Å². The second kappa shape index (κ2) is 9.28. The van der Waals surface area contributed by atoms with Crippen LogP contribution in [0.25, 0.3) is 11.0 Å². The van der Waals surface area contributed by atoms with Crippen LogP contribution in [-0.4, -0.2) is 62.0 Å². The zero-order chi connectivity index (χ0) is 26.5. The van der Waals surface area contributed by atoms with E-state index in [1.807, 2.05) is 46.8 Å². The van der Waals surface area contributed by atoms with Gasteiger partial charge < -0.3 is 23.8 Å². The van der Waals surface area contributed by atoms with E-state index < -0.39 is 39.9 Å². The molecule has 0 amide bonds. The fourth-order valence-electron chi connectivity index (χ4n) is 4.36. The van der Waals surface area contributed by atoms with Crippen LogP contribution in [0.5, 0.6) is 11.5 Å². The van der Waals surface area contributed by atoms with Crippen LogP contribution >= 0.6 is 0 Å². The Bertz CT molecular complexity index is 1430. The van der Waals surface area contributed by atoms with Crippen molar-refractivity contribution in [2.45, 2.75) is 51.9 Å². The molecule has 0 saturated carbocycles. The number of aromatic amines is 1. The molecule has 1 N–H and O–H groups in total. The van der Waals surface area contributed by atoms with E-state index in [-0.39, 0.29) is 5.75 Å². The highest BCUT2D eigenvalue weighted by molar-refractivity contribution is 7.90. The summed E-state index contributed by atoms with van der Waals surface area (Å²) in [6.45, 7) is 10.2. The van der Waals surface area contributed by atoms with Gasteiger partial charge >= 0.3 is 12.8 Å². The lowest BCUT2D eigenvalue weighted by molar-refractivity contribution is 0.00578. The van der Waals surface area contributed by atoms with Crippen molar-refractivity contribution < 1.29 is 27.2 Å². The number of methoxy groups -OCH3 is 1. The van der Waals surface area contributed by atoms with E-state index in [1.54, 1.807) is 24.3 Å². The van der Waals surface area contributed by atoms with Crippen molar-refractivity contribution in [3.05, 3.63) is 52.4 Å². The van der Waals surface area contributed by atoms with E-state index in [1.165, 1.54) is 11.7 Å². The third-order valence-corrected chi connectivity index (χ3v) is 7.83. The number of ether oxygens (including phenoxy) is 2. The third-order valence-electron chi connectivity index (χ3n) is 6.91. The lowest BCUT2D eigenvalue weighted by Gasteiger charge is -2.32. The lowest BCUT2D eigenvalue weighted by atomic mass is 9.79. The van der Waals surface area contributed by atoms with Crippen molar-refractivity contribution in [2.75, 3.05) is 25.7 Å². The molecular formula is C25H33BN2O7S. The maximum atomic E-state index is 13.2. The number of sulfone groups is 1. The minimum atomic E-state index is -3.46. The second-order valence-electron chi connectivity index (χ2n) is 10.1. The highest BCUT2D eigenvalue weighted by Crippen LogP contribution is 2.37. The number of H-pyrrole nitrogens is 1. The number of benzene rings is 2. The minimum absolute atomic E-state index is 0.267. The molecule has 1 saturated heterocycles. The van der Waals surface area contributed by atoms with Gasteiger partial charge in [-0.1, -0.05) is 12.1 Å². The Kier molecular flexibility index (Phi) is 6.78. The van der Waals surface area contributed by atoms with Gasteiger partial charge in [0.25, 0.3) is 0 Å². The number of hydrogen-bond donors (Lipinski definition) is 1. The first-order valence-electron chi connectivity index (χ1n) is 11.8. The highest BCUT2D eigenvalue weighted by Gasteiger charge is 2.51. The van der Waals surface area contributed by atoms with Gasteiger partial charge in [0.2, 0.25) is 0 Å². The maximum absolute atomic E-state index is 13.2. The van der Waals surface area contributed by atoms with E-state index in [0.29, 0.717) is 34.7 Å². The Hall–Kier alpha value is -2.76. The van der Waals surface area contributed by atoms with Crippen LogP contribution in [-0.2, 0) is 19.1 Å². The highest BCUT2D eigenvalue weighted by atomic mass is 32.2. The molecule has 4 rings (SSSR count). The molecule has 1 aliphatic heterocycles. The van der Waals surface area contributed by atoms with Crippen molar-refractivity contribution in [3.8, 4) is 11.5 Å². The Morgan fingerprint density at radius 1 is 1.06 bits per heavy atom. The molecule has 3 aromatic rings. The molecule has 0 aliphatic carbocycles. The van der Waals surface area contributed by atoms with Crippen LogP contribution in [0.2, 0.25) is 0 Å². The summed E-state index contributed by atoms with van der Waals surface area (Å²) in [7, 11) is -2.51. The predicted molar refractivity (Wildman–Crippen MR) is 140 cm³/mol. The average Bonchev–Trinajstić information content (AvgIpc) is 3.22. The number of nitrogens with one attached hydrogen (secondary N) is 1. The maximum Gasteiger partial charge on any atom is 0.494 e. The van der Waals surface area contributed by atoms with E-state index in [0.717, 1.165) is 11.7 Å². The summed E-state index contributed by atoms with van der Waals surface area (Å²) >= 11 is 0.